The van der Waals surface area contributed by atoms with Crippen LogP contribution in [0.3, 0.4) is 0 Å². The minimum Gasteiger partial charge on any atom is -0.316 e. The van der Waals surface area contributed by atoms with Crippen LogP contribution in [0, 0.1) is 5.92 Å². The van der Waals surface area contributed by atoms with Crippen molar-refractivity contribution in [3.05, 3.63) is 20.8 Å². The van der Waals surface area contributed by atoms with Crippen LogP contribution in [-0.4, -0.2) is 13.1 Å². The molecule has 1 aliphatic carbocycles. The van der Waals surface area contributed by atoms with Gasteiger partial charge in [0.25, 0.3) is 0 Å². The van der Waals surface area contributed by atoms with Gasteiger partial charge in [-0.1, -0.05) is 13.3 Å². The van der Waals surface area contributed by atoms with E-state index in [0.717, 1.165) is 18.4 Å². The lowest BCUT2D eigenvalue weighted by Gasteiger charge is -2.19. The van der Waals surface area contributed by atoms with Crippen LogP contribution in [0.15, 0.2) is 15.2 Å². The van der Waals surface area contributed by atoms with Gasteiger partial charge < -0.3 is 5.32 Å². The molecule has 3 heteroatoms. The molecule has 0 spiro atoms. The lowest BCUT2D eigenvalue weighted by atomic mass is 9.90. The summed E-state index contributed by atoms with van der Waals surface area (Å²) in [4.78, 5) is 0. The van der Waals surface area contributed by atoms with Crippen molar-refractivity contribution < 1.29 is 0 Å². The lowest BCUT2D eigenvalue weighted by molar-refractivity contribution is 0.444. The van der Waals surface area contributed by atoms with Crippen molar-refractivity contribution in [2.24, 2.45) is 5.92 Å². The molecule has 1 aromatic heterocycles. The third-order valence-corrected chi connectivity index (χ3v) is 5.29. The summed E-state index contributed by atoms with van der Waals surface area (Å²) < 4.78 is 1.32. The number of hydrogen-bond acceptors (Lipinski definition) is 2. The largest absolute Gasteiger partial charge is 0.316 e. The normalized spacial score (nSPS) is 25.1. The van der Waals surface area contributed by atoms with Crippen LogP contribution < -0.4 is 5.32 Å². The molecule has 0 radical (unpaired) electrons. The summed E-state index contributed by atoms with van der Waals surface area (Å²) in [5.41, 5.74) is 1.55. The fraction of sp³-hybridized carbons (Fsp3) is 0.692. The van der Waals surface area contributed by atoms with Crippen molar-refractivity contribution >= 4 is 27.3 Å². The SMILES string of the molecule is CCCNCC1CCCC1c1cscc1Br. The van der Waals surface area contributed by atoms with Crippen LogP contribution in [0.25, 0.3) is 0 Å². The molecule has 90 valence electrons. The van der Waals surface area contributed by atoms with Crippen molar-refractivity contribution in [3.63, 3.8) is 0 Å². The van der Waals surface area contributed by atoms with Crippen molar-refractivity contribution in [3.8, 4) is 0 Å². The summed E-state index contributed by atoms with van der Waals surface area (Å²) >= 11 is 5.49. The Morgan fingerprint density at radius 2 is 2.31 bits per heavy atom. The highest BCUT2D eigenvalue weighted by atomic mass is 79.9. The average molecular weight is 302 g/mol. The van der Waals surface area contributed by atoms with E-state index in [1.165, 1.54) is 36.7 Å². The molecule has 1 heterocycles. The molecule has 1 nitrogen and oxygen atoms in total. The minimum atomic E-state index is 0.782. The lowest BCUT2D eigenvalue weighted by Crippen LogP contribution is -2.25. The van der Waals surface area contributed by atoms with E-state index in [9.17, 15) is 0 Å². The average Bonchev–Trinajstić information content (AvgIpc) is 2.87. The first kappa shape index (κ1) is 12.6. The number of nitrogens with one attached hydrogen (secondary N) is 1. The zero-order valence-electron chi connectivity index (χ0n) is 9.84. The second kappa shape index (κ2) is 6.18. The molecule has 16 heavy (non-hydrogen) atoms. The highest BCUT2D eigenvalue weighted by molar-refractivity contribution is 9.10. The standard InChI is InChI=1S/C13H20BrNS/c1-2-6-15-7-10-4-3-5-11(10)12-8-16-9-13(12)14/h8-11,15H,2-7H2,1H3. The van der Waals surface area contributed by atoms with Gasteiger partial charge in [-0.2, -0.15) is 11.3 Å². The van der Waals surface area contributed by atoms with E-state index in [-0.39, 0.29) is 0 Å². The Hall–Kier alpha value is 0.140. The first-order valence-electron chi connectivity index (χ1n) is 6.25. The molecule has 1 aromatic rings. The topological polar surface area (TPSA) is 12.0 Å². The van der Waals surface area contributed by atoms with Crippen LogP contribution in [0.4, 0.5) is 0 Å². The van der Waals surface area contributed by atoms with Crippen LogP contribution in [0.5, 0.6) is 0 Å². The Bertz CT molecular complexity index is 323. The summed E-state index contributed by atoms with van der Waals surface area (Å²) in [7, 11) is 0. The first-order chi connectivity index (χ1) is 7.83. The predicted molar refractivity (Wildman–Crippen MR) is 75.3 cm³/mol. The monoisotopic (exact) mass is 301 g/mol. The highest BCUT2D eigenvalue weighted by Gasteiger charge is 2.29. The van der Waals surface area contributed by atoms with Crippen LogP contribution >= 0.6 is 27.3 Å². The van der Waals surface area contributed by atoms with Crippen molar-refractivity contribution in [2.45, 2.75) is 38.5 Å². The van der Waals surface area contributed by atoms with Gasteiger partial charge in [-0.15, -0.1) is 0 Å². The summed E-state index contributed by atoms with van der Waals surface area (Å²) in [5, 5.41) is 8.12. The Labute approximate surface area is 111 Å². The molecule has 0 amide bonds. The molecule has 1 saturated carbocycles. The van der Waals surface area contributed by atoms with E-state index in [4.69, 9.17) is 0 Å². The van der Waals surface area contributed by atoms with E-state index in [1.807, 2.05) is 11.3 Å². The minimum absolute atomic E-state index is 0.782. The molecule has 1 aliphatic rings. The third-order valence-electron chi connectivity index (χ3n) is 3.53. The molecule has 0 aliphatic heterocycles. The maximum absolute atomic E-state index is 3.68. The summed E-state index contributed by atoms with van der Waals surface area (Å²) in [6, 6.07) is 0. The van der Waals surface area contributed by atoms with Crippen molar-refractivity contribution in [1.82, 2.24) is 5.32 Å². The van der Waals surface area contributed by atoms with Crippen LogP contribution in [0.1, 0.15) is 44.1 Å². The second-order valence-corrected chi connectivity index (χ2v) is 6.27. The van der Waals surface area contributed by atoms with Gasteiger partial charge in [0, 0.05) is 9.85 Å². The Morgan fingerprint density at radius 3 is 3.00 bits per heavy atom. The third kappa shape index (κ3) is 2.88. The van der Waals surface area contributed by atoms with Gasteiger partial charge in [-0.25, -0.2) is 0 Å². The molecular formula is C13H20BrNS. The maximum atomic E-state index is 3.68. The zero-order valence-corrected chi connectivity index (χ0v) is 12.2. The molecule has 2 atom stereocenters. The molecule has 2 rings (SSSR count). The van der Waals surface area contributed by atoms with Crippen molar-refractivity contribution in [2.75, 3.05) is 13.1 Å². The number of hydrogen-bond donors (Lipinski definition) is 1. The van der Waals surface area contributed by atoms with Gasteiger partial charge in [0.15, 0.2) is 0 Å². The van der Waals surface area contributed by atoms with Gasteiger partial charge in [-0.3, -0.25) is 0 Å². The zero-order chi connectivity index (χ0) is 11.4. The molecule has 1 fully saturated rings. The Kier molecular flexibility index (Phi) is 4.86. The highest BCUT2D eigenvalue weighted by Crippen LogP contribution is 2.43. The molecule has 2 unspecified atom stereocenters. The Balaban J connectivity index is 1.95. The molecule has 0 aromatic carbocycles. The van der Waals surface area contributed by atoms with Gasteiger partial charge in [0.05, 0.1) is 0 Å². The van der Waals surface area contributed by atoms with Gasteiger partial charge >= 0.3 is 0 Å². The van der Waals surface area contributed by atoms with Gasteiger partial charge in [-0.05, 0) is 71.1 Å². The quantitative estimate of drug-likeness (QED) is 0.795. The molecule has 0 bridgehead atoms. The molecule has 1 N–H and O–H groups in total. The smallest absolute Gasteiger partial charge is 0.0317 e. The van der Waals surface area contributed by atoms with E-state index in [0.29, 0.717) is 0 Å². The predicted octanol–water partition coefficient (Wildman–Crippen LogP) is 4.39. The Morgan fingerprint density at radius 1 is 1.44 bits per heavy atom. The number of thiophene rings is 1. The summed E-state index contributed by atoms with van der Waals surface area (Å²) in [6.07, 6.45) is 5.39. The van der Waals surface area contributed by atoms with E-state index in [2.05, 4.69) is 38.9 Å². The van der Waals surface area contributed by atoms with Crippen LogP contribution in [-0.2, 0) is 0 Å². The second-order valence-electron chi connectivity index (χ2n) is 4.68. The van der Waals surface area contributed by atoms with E-state index < -0.39 is 0 Å². The fourth-order valence-corrected chi connectivity index (χ4v) is 4.37. The molecular weight excluding hydrogens is 282 g/mol. The number of halogens is 1. The van der Waals surface area contributed by atoms with E-state index in [1.54, 1.807) is 5.56 Å². The number of rotatable bonds is 5. The van der Waals surface area contributed by atoms with Gasteiger partial charge in [0.2, 0.25) is 0 Å². The van der Waals surface area contributed by atoms with Crippen molar-refractivity contribution in [1.29, 1.82) is 0 Å². The summed E-state index contributed by atoms with van der Waals surface area (Å²) in [5.74, 6) is 1.63. The van der Waals surface area contributed by atoms with Gasteiger partial charge in [0.1, 0.15) is 0 Å². The first-order valence-corrected chi connectivity index (χ1v) is 7.98. The van der Waals surface area contributed by atoms with Crippen LogP contribution in [0.2, 0.25) is 0 Å². The summed E-state index contributed by atoms with van der Waals surface area (Å²) in [6.45, 7) is 4.59. The van der Waals surface area contributed by atoms with E-state index >= 15 is 0 Å². The fourth-order valence-electron chi connectivity index (χ4n) is 2.71. The molecule has 0 saturated heterocycles. The maximum Gasteiger partial charge on any atom is 0.0317 e.